The molecule has 0 bridgehead atoms. The maximum absolute atomic E-state index is 4.99. The van der Waals surface area contributed by atoms with Crippen molar-refractivity contribution in [2.45, 2.75) is 20.0 Å². The van der Waals surface area contributed by atoms with E-state index >= 15 is 0 Å². The lowest BCUT2D eigenvalue weighted by Gasteiger charge is -1.99. The third-order valence-electron chi connectivity index (χ3n) is 1.30. The third-order valence-corrected chi connectivity index (χ3v) is 1.30. The van der Waals surface area contributed by atoms with Crippen LogP contribution in [0.3, 0.4) is 0 Å². The quantitative estimate of drug-likeness (QED) is 0.501. The van der Waals surface area contributed by atoms with Crippen LogP contribution in [0.5, 0.6) is 0 Å². The van der Waals surface area contributed by atoms with Crippen molar-refractivity contribution < 1.29 is 4.84 Å². The predicted octanol–water partition coefficient (Wildman–Crippen LogP) is 1.18. The highest BCUT2D eigenvalue weighted by Crippen LogP contribution is 1.91. The Morgan fingerprint density at radius 3 is 2.92 bits per heavy atom. The molecule has 0 fully saturated rings. The molecule has 0 aromatic carbocycles. The van der Waals surface area contributed by atoms with Crippen molar-refractivity contribution in [3.8, 4) is 0 Å². The van der Waals surface area contributed by atoms with Gasteiger partial charge < -0.3 is 9.40 Å². The number of oxime groups is 1. The van der Waals surface area contributed by atoms with Crippen molar-refractivity contribution in [1.29, 1.82) is 0 Å². The highest BCUT2D eigenvalue weighted by Gasteiger charge is 1.93. The van der Waals surface area contributed by atoms with Gasteiger partial charge in [0.05, 0.1) is 0 Å². The van der Waals surface area contributed by atoms with Gasteiger partial charge in [0.15, 0.2) is 5.82 Å². The zero-order valence-electron chi connectivity index (χ0n) is 7.56. The molecule has 0 saturated heterocycles. The first-order valence-electron chi connectivity index (χ1n) is 3.86. The lowest BCUT2D eigenvalue weighted by molar-refractivity contribution is 0.0872. The van der Waals surface area contributed by atoms with Crippen molar-refractivity contribution >= 4 is 6.21 Å². The van der Waals surface area contributed by atoms with E-state index in [2.05, 4.69) is 10.1 Å². The van der Waals surface area contributed by atoms with Gasteiger partial charge in [0.25, 0.3) is 0 Å². The fourth-order valence-electron chi connectivity index (χ4n) is 0.701. The van der Waals surface area contributed by atoms with Gasteiger partial charge in [-0.3, -0.25) is 0 Å². The Balaban J connectivity index is 2.52. The first kappa shape index (κ1) is 8.77. The Hall–Kier alpha value is -1.32. The van der Waals surface area contributed by atoms with Crippen LogP contribution in [-0.4, -0.2) is 21.9 Å². The van der Waals surface area contributed by atoms with Gasteiger partial charge in [-0.1, -0.05) is 5.16 Å². The molecule has 0 aliphatic carbocycles. The largest absolute Gasteiger partial charge is 0.393 e. The van der Waals surface area contributed by atoms with Crippen molar-refractivity contribution in [2.24, 2.45) is 12.2 Å². The molecule has 66 valence electrons. The third kappa shape index (κ3) is 2.38. The van der Waals surface area contributed by atoms with Crippen molar-refractivity contribution in [3.05, 3.63) is 18.2 Å². The molecule has 0 radical (unpaired) electrons. The molecule has 1 heterocycles. The molecule has 0 saturated carbocycles. The summed E-state index contributed by atoms with van der Waals surface area (Å²) in [6, 6.07) is 0. The molecule has 0 atom stereocenters. The Bertz CT molecular complexity index is 265. The summed E-state index contributed by atoms with van der Waals surface area (Å²) in [7, 11) is 1.91. The van der Waals surface area contributed by atoms with Crippen LogP contribution in [0.2, 0.25) is 0 Å². The van der Waals surface area contributed by atoms with Crippen LogP contribution in [0, 0.1) is 0 Å². The molecule has 0 aliphatic rings. The second-order valence-corrected chi connectivity index (χ2v) is 2.79. The summed E-state index contributed by atoms with van der Waals surface area (Å²) in [5.41, 5.74) is 0. The summed E-state index contributed by atoms with van der Waals surface area (Å²) in [6.07, 6.45) is 5.29. The average molecular weight is 167 g/mol. The molecule has 12 heavy (non-hydrogen) atoms. The van der Waals surface area contributed by atoms with E-state index in [4.69, 9.17) is 4.84 Å². The summed E-state index contributed by atoms with van der Waals surface area (Å²) >= 11 is 0. The van der Waals surface area contributed by atoms with Crippen molar-refractivity contribution in [3.63, 3.8) is 0 Å². The summed E-state index contributed by atoms with van der Waals surface area (Å²) in [4.78, 5) is 9.03. The van der Waals surface area contributed by atoms with Gasteiger partial charge in [0, 0.05) is 19.4 Å². The summed E-state index contributed by atoms with van der Waals surface area (Å²) in [5.74, 6) is 0.788. The van der Waals surface area contributed by atoms with E-state index in [1.807, 2.05) is 31.7 Å². The lowest BCUT2D eigenvalue weighted by atomic mass is 10.5. The Labute approximate surface area is 71.9 Å². The minimum absolute atomic E-state index is 0.113. The number of hydrogen-bond donors (Lipinski definition) is 0. The minimum atomic E-state index is 0.113. The molecule has 1 aromatic heterocycles. The van der Waals surface area contributed by atoms with E-state index in [1.165, 1.54) is 0 Å². The lowest BCUT2D eigenvalue weighted by Crippen LogP contribution is -1.99. The molecular formula is C8H13N3O. The zero-order chi connectivity index (χ0) is 8.97. The molecule has 0 amide bonds. The fourth-order valence-corrected chi connectivity index (χ4v) is 0.701. The average Bonchev–Trinajstić information content (AvgIpc) is 2.36. The fraction of sp³-hybridized carbons (Fsp3) is 0.500. The summed E-state index contributed by atoms with van der Waals surface area (Å²) in [6.45, 7) is 3.85. The van der Waals surface area contributed by atoms with Crippen LogP contribution in [0.4, 0.5) is 0 Å². The molecule has 1 aromatic rings. The maximum Gasteiger partial charge on any atom is 0.154 e. The number of rotatable bonds is 3. The Kier molecular flexibility index (Phi) is 2.85. The minimum Gasteiger partial charge on any atom is -0.393 e. The highest BCUT2D eigenvalue weighted by atomic mass is 16.6. The second-order valence-electron chi connectivity index (χ2n) is 2.79. The van der Waals surface area contributed by atoms with Gasteiger partial charge >= 0.3 is 0 Å². The maximum atomic E-state index is 4.99. The Morgan fingerprint density at radius 2 is 2.42 bits per heavy atom. The molecule has 0 N–H and O–H groups in total. The smallest absolute Gasteiger partial charge is 0.154 e. The van der Waals surface area contributed by atoms with Crippen LogP contribution in [-0.2, 0) is 11.9 Å². The van der Waals surface area contributed by atoms with Crippen LogP contribution in [0.15, 0.2) is 17.5 Å². The van der Waals surface area contributed by atoms with Crippen LogP contribution >= 0.6 is 0 Å². The molecule has 4 nitrogen and oxygen atoms in total. The molecule has 4 heteroatoms. The molecule has 0 unspecified atom stereocenters. The van der Waals surface area contributed by atoms with E-state index < -0.39 is 0 Å². The normalized spacial score (nSPS) is 11.3. The van der Waals surface area contributed by atoms with Crippen LogP contribution < -0.4 is 0 Å². The van der Waals surface area contributed by atoms with E-state index in [0.29, 0.717) is 0 Å². The molecule has 1 rings (SSSR count). The van der Waals surface area contributed by atoms with Gasteiger partial charge in [-0.25, -0.2) is 4.98 Å². The Morgan fingerprint density at radius 1 is 1.67 bits per heavy atom. The van der Waals surface area contributed by atoms with Gasteiger partial charge in [0.2, 0.25) is 0 Å². The molecular weight excluding hydrogens is 154 g/mol. The van der Waals surface area contributed by atoms with Crippen LogP contribution in [0.1, 0.15) is 19.7 Å². The highest BCUT2D eigenvalue weighted by molar-refractivity contribution is 5.74. The standard InChI is InChI=1S/C8H13N3O/c1-7(2)12-10-6-8-9-4-5-11(8)3/h4-7H,1-3H3. The van der Waals surface area contributed by atoms with E-state index in [9.17, 15) is 0 Å². The molecule has 0 spiro atoms. The van der Waals surface area contributed by atoms with Gasteiger partial charge in [-0.15, -0.1) is 0 Å². The van der Waals surface area contributed by atoms with E-state index in [0.717, 1.165) is 5.82 Å². The number of imidazole rings is 1. The van der Waals surface area contributed by atoms with Gasteiger partial charge in [0.1, 0.15) is 12.3 Å². The summed E-state index contributed by atoms with van der Waals surface area (Å²) in [5, 5.41) is 3.77. The summed E-state index contributed by atoms with van der Waals surface area (Å²) < 4.78 is 1.87. The van der Waals surface area contributed by atoms with Gasteiger partial charge in [-0.05, 0) is 13.8 Å². The SMILES string of the molecule is CC(C)ON=Cc1nccn1C. The van der Waals surface area contributed by atoms with E-state index in [1.54, 1.807) is 12.4 Å². The van der Waals surface area contributed by atoms with Crippen molar-refractivity contribution in [1.82, 2.24) is 9.55 Å². The van der Waals surface area contributed by atoms with Gasteiger partial charge in [-0.2, -0.15) is 0 Å². The first-order valence-corrected chi connectivity index (χ1v) is 3.86. The first-order chi connectivity index (χ1) is 5.70. The van der Waals surface area contributed by atoms with Crippen LogP contribution in [0.25, 0.3) is 0 Å². The molecule has 0 aliphatic heterocycles. The number of aryl methyl sites for hydroxylation is 1. The number of nitrogens with zero attached hydrogens (tertiary/aromatic N) is 3. The van der Waals surface area contributed by atoms with E-state index in [-0.39, 0.29) is 6.10 Å². The topological polar surface area (TPSA) is 39.4 Å². The zero-order valence-corrected chi connectivity index (χ0v) is 7.56. The monoisotopic (exact) mass is 167 g/mol. The second kappa shape index (κ2) is 3.90. The number of hydrogen-bond acceptors (Lipinski definition) is 3. The predicted molar refractivity (Wildman–Crippen MR) is 47.0 cm³/mol. The van der Waals surface area contributed by atoms with Crippen molar-refractivity contribution in [2.75, 3.05) is 0 Å². The number of aromatic nitrogens is 2.